The molecule has 0 aliphatic carbocycles. The Morgan fingerprint density at radius 1 is 1.39 bits per heavy atom. The van der Waals surface area contributed by atoms with Crippen molar-refractivity contribution in [3.63, 3.8) is 0 Å². The molecule has 0 saturated heterocycles. The number of hydrogen-bond acceptors (Lipinski definition) is 5. The van der Waals surface area contributed by atoms with Crippen LogP contribution >= 0.6 is 7.60 Å². The Bertz CT molecular complexity index is 457. The maximum Gasteiger partial charge on any atom is 0.333 e. The third-order valence-electron chi connectivity index (χ3n) is 2.24. The summed E-state index contributed by atoms with van der Waals surface area (Å²) in [7, 11) is -4.30. The van der Waals surface area contributed by atoms with Crippen molar-refractivity contribution in [2.45, 2.75) is 5.66 Å². The molecule has 0 saturated carbocycles. The van der Waals surface area contributed by atoms with Crippen LogP contribution in [0.4, 0.5) is 5.69 Å². The minimum absolute atomic E-state index is 0.0901. The highest BCUT2D eigenvalue weighted by molar-refractivity contribution is 7.52. The van der Waals surface area contributed by atoms with Crippen LogP contribution in [-0.2, 0) is 4.57 Å². The second kappa shape index (κ2) is 5.92. The summed E-state index contributed by atoms with van der Waals surface area (Å²) in [5.74, 6) is 0.285. The fourth-order valence-corrected chi connectivity index (χ4v) is 1.70. The fraction of sp³-hybridized carbons (Fsp3) is 0.333. The average molecular weight is 276 g/mol. The van der Waals surface area contributed by atoms with Crippen LogP contribution in [0.1, 0.15) is 0 Å². The van der Waals surface area contributed by atoms with Crippen LogP contribution in [0.15, 0.2) is 24.3 Å². The Morgan fingerprint density at radius 3 is 2.33 bits per heavy atom. The molecule has 0 amide bonds. The van der Waals surface area contributed by atoms with E-state index in [9.17, 15) is 14.7 Å². The van der Waals surface area contributed by atoms with Crippen molar-refractivity contribution in [2.75, 3.05) is 13.2 Å². The van der Waals surface area contributed by atoms with Gasteiger partial charge in [-0.25, -0.2) is 0 Å². The van der Waals surface area contributed by atoms with Gasteiger partial charge in [-0.2, -0.15) is 0 Å². The molecule has 18 heavy (non-hydrogen) atoms. The summed E-state index contributed by atoms with van der Waals surface area (Å²) >= 11 is 0. The molecule has 0 fully saturated rings. The average Bonchev–Trinajstić information content (AvgIpc) is 2.28. The third-order valence-corrected chi connectivity index (χ3v) is 3.55. The summed E-state index contributed by atoms with van der Waals surface area (Å²) < 4.78 is 16.1. The molecule has 100 valence electrons. The maximum atomic E-state index is 11.0. The fourth-order valence-electron chi connectivity index (χ4n) is 1.16. The lowest BCUT2D eigenvalue weighted by atomic mass is 10.3. The molecule has 0 aromatic heterocycles. The van der Waals surface area contributed by atoms with Gasteiger partial charge in [-0.15, -0.1) is 0 Å². The molecular formula is C9H13N2O6P. The van der Waals surface area contributed by atoms with Gasteiger partial charge >= 0.3 is 7.60 Å². The van der Waals surface area contributed by atoms with Crippen LogP contribution in [0.5, 0.6) is 5.75 Å². The zero-order valence-corrected chi connectivity index (χ0v) is 10.2. The number of rotatable bonds is 6. The molecule has 1 aromatic rings. The Morgan fingerprint density at radius 2 is 1.94 bits per heavy atom. The monoisotopic (exact) mass is 276 g/mol. The first kappa shape index (κ1) is 14.6. The van der Waals surface area contributed by atoms with Gasteiger partial charge in [0.2, 0.25) is 0 Å². The second-order valence-corrected chi connectivity index (χ2v) is 5.45. The van der Waals surface area contributed by atoms with Gasteiger partial charge in [-0.3, -0.25) is 14.7 Å². The minimum Gasteiger partial charge on any atom is -0.493 e. The zero-order chi connectivity index (χ0) is 13.8. The number of hydrogen-bond donors (Lipinski definition) is 3. The van der Waals surface area contributed by atoms with Crippen LogP contribution in [0.25, 0.3) is 0 Å². The number of nitro groups is 1. The van der Waals surface area contributed by atoms with E-state index in [1.165, 1.54) is 24.3 Å². The number of ether oxygens (including phenoxy) is 1. The van der Waals surface area contributed by atoms with E-state index in [-0.39, 0.29) is 24.6 Å². The van der Waals surface area contributed by atoms with E-state index < -0.39 is 18.2 Å². The smallest absolute Gasteiger partial charge is 0.333 e. The Kier molecular flexibility index (Phi) is 4.80. The lowest BCUT2D eigenvalue weighted by Crippen LogP contribution is -2.27. The van der Waals surface area contributed by atoms with E-state index in [1.807, 2.05) is 0 Å². The molecular weight excluding hydrogens is 263 g/mol. The van der Waals surface area contributed by atoms with Crippen LogP contribution in [-0.4, -0.2) is 33.5 Å². The second-order valence-electron chi connectivity index (χ2n) is 3.54. The van der Waals surface area contributed by atoms with E-state index in [2.05, 4.69) is 0 Å². The summed E-state index contributed by atoms with van der Waals surface area (Å²) in [6.45, 7) is -0.462. The van der Waals surface area contributed by atoms with Gasteiger partial charge in [0, 0.05) is 18.7 Å². The predicted molar refractivity (Wildman–Crippen MR) is 63.5 cm³/mol. The third kappa shape index (κ3) is 4.08. The largest absolute Gasteiger partial charge is 0.493 e. The van der Waals surface area contributed by atoms with Crippen molar-refractivity contribution in [1.82, 2.24) is 0 Å². The number of nitro benzene ring substituents is 1. The van der Waals surface area contributed by atoms with Crippen molar-refractivity contribution in [3.8, 4) is 5.75 Å². The van der Waals surface area contributed by atoms with Crippen molar-refractivity contribution < 1.29 is 24.0 Å². The van der Waals surface area contributed by atoms with Crippen molar-refractivity contribution >= 4 is 13.3 Å². The molecule has 0 spiro atoms. The highest BCUT2D eigenvalue weighted by Crippen LogP contribution is 2.40. The Labute approximate surface area is 103 Å². The van der Waals surface area contributed by atoms with Gasteiger partial charge in [0.25, 0.3) is 5.69 Å². The molecule has 4 N–H and O–H groups in total. The molecule has 0 heterocycles. The minimum atomic E-state index is -4.30. The van der Waals surface area contributed by atoms with Crippen LogP contribution in [0.2, 0.25) is 0 Å². The lowest BCUT2D eigenvalue weighted by Gasteiger charge is -2.16. The quantitative estimate of drug-likeness (QED) is 0.390. The molecule has 1 atom stereocenters. The highest BCUT2D eigenvalue weighted by atomic mass is 31.2. The topological polar surface area (TPSA) is 136 Å². The lowest BCUT2D eigenvalue weighted by molar-refractivity contribution is -0.384. The van der Waals surface area contributed by atoms with Gasteiger partial charge in [-0.05, 0) is 12.1 Å². The Balaban J connectivity index is 2.63. The van der Waals surface area contributed by atoms with E-state index in [4.69, 9.17) is 20.3 Å². The van der Waals surface area contributed by atoms with Gasteiger partial charge in [0.05, 0.1) is 4.92 Å². The molecule has 9 heteroatoms. The van der Waals surface area contributed by atoms with Gasteiger partial charge in [0.1, 0.15) is 18.0 Å². The molecule has 1 aromatic carbocycles. The first-order chi connectivity index (χ1) is 8.34. The molecule has 0 bridgehead atoms. The maximum absolute atomic E-state index is 11.0. The summed E-state index contributed by atoms with van der Waals surface area (Å²) in [4.78, 5) is 27.7. The number of non-ortho nitro benzene ring substituents is 1. The van der Waals surface area contributed by atoms with E-state index in [1.54, 1.807) is 0 Å². The van der Waals surface area contributed by atoms with E-state index >= 15 is 0 Å². The Hall–Kier alpha value is -1.47. The number of nitrogens with two attached hydrogens (primary N) is 1. The summed E-state index contributed by atoms with van der Waals surface area (Å²) in [6.07, 6.45) is 0. The highest BCUT2D eigenvalue weighted by Gasteiger charge is 2.28. The van der Waals surface area contributed by atoms with Gasteiger partial charge < -0.3 is 20.3 Å². The standard InChI is InChI=1S/C9H13N2O6P/c10-5-9(18(14,15)16)6-17-8-3-1-7(2-4-8)11(12)13/h1-4,9H,5-6,10H2,(H2,14,15,16). The first-order valence-corrected chi connectivity index (χ1v) is 6.65. The summed E-state index contributed by atoms with van der Waals surface area (Å²) in [6, 6.07) is 5.19. The van der Waals surface area contributed by atoms with Crippen LogP contribution in [0.3, 0.4) is 0 Å². The molecule has 8 nitrogen and oxygen atoms in total. The van der Waals surface area contributed by atoms with E-state index in [0.717, 1.165) is 0 Å². The van der Waals surface area contributed by atoms with Crippen molar-refractivity contribution in [2.24, 2.45) is 5.73 Å². The van der Waals surface area contributed by atoms with Gasteiger partial charge in [-0.1, -0.05) is 0 Å². The molecule has 0 aliphatic rings. The summed E-state index contributed by atoms with van der Waals surface area (Å²) in [5, 5.41) is 10.4. The SMILES string of the molecule is NCC(COc1ccc([N+](=O)[O-])cc1)P(=O)(O)O. The normalized spacial score (nSPS) is 13.1. The molecule has 0 radical (unpaired) electrons. The first-order valence-electron chi connectivity index (χ1n) is 4.97. The number of nitrogens with zero attached hydrogens (tertiary/aromatic N) is 1. The predicted octanol–water partition coefficient (Wildman–Crippen LogP) is 0.479. The molecule has 1 unspecified atom stereocenters. The van der Waals surface area contributed by atoms with Crippen molar-refractivity contribution in [1.29, 1.82) is 0 Å². The summed E-state index contributed by atoms with van der Waals surface area (Å²) in [5.41, 5.74) is 4.05. The van der Waals surface area contributed by atoms with Crippen molar-refractivity contribution in [3.05, 3.63) is 34.4 Å². The number of benzene rings is 1. The molecule has 0 aliphatic heterocycles. The zero-order valence-electron chi connectivity index (χ0n) is 9.30. The van der Waals surface area contributed by atoms with Crippen LogP contribution < -0.4 is 10.5 Å². The van der Waals surface area contributed by atoms with Crippen LogP contribution in [0, 0.1) is 10.1 Å². The molecule has 1 rings (SSSR count). The van der Waals surface area contributed by atoms with Gasteiger partial charge in [0.15, 0.2) is 0 Å². The van der Waals surface area contributed by atoms with E-state index in [0.29, 0.717) is 0 Å².